The highest BCUT2D eigenvalue weighted by atomic mass is 19.1. The van der Waals surface area contributed by atoms with Gasteiger partial charge in [-0.25, -0.2) is 9.18 Å². The third-order valence-corrected chi connectivity index (χ3v) is 5.02. The fourth-order valence-electron chi connectivity index (χ4n) is 3.64. The van der Waals surface area contributed by atoms with Crippen molar-refractivity contribution in [2.45, 2.75) is 33.2 Å². The van der Waals surface area contributed by atoms with E-state index in [9.17, 15) is 14.0 Å². The van der Waals surface area contributed by atoms with Crippen molar-refractivity contribution < 1.29 is 8.91 Å². The zero-order valence-electron chi connectivity index (χ0n) is 16.2. The van der Waals surface area contributed by atoms with E-state index in [0.717, 1.165) is 0 Å². The van der Waals surface area contributed by atoms with Crippen molar-refractivity contribution in [3.05, 3.63) is 68.6 Å². The van der Waals surface area contributed by atoms with Crippen molar-refractivity contribution in [2.75, 3.05) is 0 Å². The highest BCUT2D eigenvalue weighted by molar-refractivity contribution is 5.84. The maximum absolute atomic E-state index is 14.5. The maximum Gasteiger partial charge on any atom is 0.438 e. The van der Waals surface area contributed by atoms with E-state index < -0.39 is 17.5 Å². The molecular formula is C20H20FN5O3. The molecule has 4 rings (SSSR count). The van der Waals surface area contributed by atoms with Gasteiger partial charge < -0.3 is 4.98 Å². The van der Waals surface area contributed by atoms with Gasteiger partial charge in [-0.05, 0) is 31.0 Å². The van der Waals surface area contributed by atoms with Crippen LogP contribution in [0.3, 0.4) is 0 Å². The lowest BCUT2D eigenvalue weighted by Crippen LogP contribution is -2.22. The van der Waals surface area contributed by atoms with Gasteiger partial charge in [-0.2, -0.15) is 5.10 Å². The number of hydrogen-bond acceptors (Lipinski definition) is 5. The predicted molar refractivity (Wildman–Crippen MR) is 105 cm³/mol. The molecule has 0 spiro atoms. The molecule has 0 aliphatic rings. The Balaban J connectivity index is 1.80. The van der Waals surface area contributed by atoms with E-state index in [1.807, 2.05) is 20.8 Å². The van der Waals surface area contributed by atoms with Gasteiger partial charge in [-0.1, -0.05) is 25.1 Å². The number of nitrogens with one attached hydrogen (secondary N) is 2. The molecule has 0 saturated heterocycles. The van der Waals surface area contributed by atoms with E-state index in [0.29, 0.717) is 40.1 Å². The summed E-state index contributed by atoms with van der Waals surface area (Å²) in [4.78, 5) is 29.5. The lowest BCUT2D eigenvalue weighted by molar-refractivity contribution is 0.374. The summed E-state index contributed by atoms with van der Waals surface area (Å²) < 4.78 is 20.8. The van der Waals surface area contributed by atoms with Crippen LogP contribution in [0.5, 0.6) is 0 Å². The quantitative estimate of drug-likeness (QED) is 0.538. The van der Waals surface area contributed by atoms with Crippen LogP contribution in [0.1, 0.15) is 38.1 Å². The Hall–Kier alpha value is -3.49. The molecule has 0 amide bonds. The number of halogens is 1. The first-order valence-electron chi connectivity index (χ1n) is 9.33. The molecule has 8 nitrogen and oxygen atoms in total. The monoisotopic (exact) mass is 397 g/mol. The van der Waals surface area contributed by atoms with Crippen LogP contribution >= 0.6 is 0 Å². The van der Waals surface area contributed by atoms with Crippen LogP contribution in [0.15, 0.2) is 44.6 Å². The van der Waals surface area contributed by atoms with E-state index in [1.165, 1.54) is 12.3 Å². The second-order valence-corrected chi connectivity index (χ2v) is 7.21. The van der Waals surface area contributed by atoms with Crippen molar-refractivity contribution in [1.82, 2.24) is 24.9 Å². The molecular weight excluding hydrogens is 377 g/mol. The van der Waals surface area contributed by atoms with E-state index in [2.05, 4.69) is 24.7 Å². The molecule has 4 aromatic rings. The molecule has 0 aliphatic carbocycles. The van der Waals surface area contributed by atoms with Gasteiger partial charge in [0, 0.05) is 23.4 Å². The molecule has 1 atom stereocenters. The Kier molecular flexibility index (Phi) is 4.65. The van der Waals surface area contributed by atoms with E-state index >= 15 is 0 Å². The van der Waals surface area contributed by atoms with Gasteiger partial charge in [0.2, 0.25) is 0 Å². The number of benzene rings is 1. The smallest absolute Gasteiger partial charge is 0.322 e. The van der Waals surface area contributed by atoms with Crippen LogP contribution in [0.25, 0.3) is 22.2 Å². The molecule has 2 N–H and O–H groups in total. The van der Waals surface area contributed by atoms with Crippen LogP contribution in [-0.4, -0.2) is 24.9 Å². The van der Waals surface area contributed by atoms with Crippen molar-refractivity contribution >= 4 is 10.9 Å². The zero-order chi connectivity index (χ0) is 20.7. The Morgan fingerprint density at radius 1 is 1.21 bits per heavy atom. The summed E-state index contributed by atoms with van der Waals surface area (Å²) in [5.41, 5.74) is 1.79. The first-order chi connectivity index (χ1) is 13.9. The fourth-order valence-corrected chi connectivity index (χ4v) is 3.64. The van der Waals surface area contributed by atoms with Crippen LogP contribution in [0.4, 0.5) is 4.39 Å². The zero-order valence-corrected chi connectivity index (χ0v) is 16.2. The van der Waals surface area contributed by atoms with Crippen molar-refractivity contribution in [2.24, 2.45) is 5.92 Å². The number of H-pyrrole nitrogens is 2. The predicted octanol–water partition coefficient (Wildman–Crippen LogP) is 3.01. The Morgan fingerprint density at radius 3 is 2.62 bits per heavy atom. The van der Waals surface area contributed by atoms with Crippen molar-refractivity contribution in [3.8, 4) is 11.3 Å². The summed E-state index contributed by atoms with van der Waals surface area (Å²) in [6, 6.07) is 6.57. The fraction of sp³-hybridized carbons (Fsp3) is 0.300. The van der Waals surface area contributed by atoms with Crippen LogP contribution in [0, 0.1) is 11.7 Å². The normalized spacial score (nSPS) is 12.7. The number of aromatic amines is 2. The average molecular weight is 397 g/mol. The van der Waals surface area contributed by atoms with E-state index in [1.54, 1.807) is 22.9 Å². The second kappa shape index (κ2) is 7.16. The van der Waals surface area contributed by atoms with Gasteiger partial charge >= 0.3 is 5.76 Å². The molecule has 3 heterocycles. The number of rotatable bonds is 5. The van der Waals surface area contributed by atoms with Gasteiger partial charge in [0.1, 0.15) is 5.82 Å². The van der Waals surface area contributed by atoms with E-state index in [-0.39, 0.29) is 11.5 Å². The average Bonchev–Trinajstić information content (AvgIpc) is 3.29. The summed E-state index contributed by atoms with van der Waals surface area (Å²) in [6.45, 7) is 6.36. The minimum Gasteiger partial charge on any atom is -0.322 e. The number of aromatic nitrogens is 5. The van der Waals surface area contributed by atoms with Crippen LogP contribution in [0.2, 0.25) is 0 Å². The molecule has 9 heteroatoms. The summed E-state index contributed by atoms with van der Waals surface area (Å²) in [7, 11) is 0. The van der Waals surface area contributed by atoms with Crippen LogP contribution < -0.4 is 11.3 Å². The number of pyridine rings is 1. The molecule has 1 aromatic carbocycles. The molecule has 0 saturated carbocycles. The molecule has 150 valence electrons. The molecule has 3 aromatic heterocycles. The standard InChI is InChI=1S/C20H20FN5O3/c1-4-26-16-8-11(7-14(21)13(16)9-22-26)15-6-5-12(19(27)23-15)17(10(2)3)18-24-20(28)29-25-18/h5-10,17H,4H2,1-3H3,(H,23,27)(H,24,25,28). The highest BCUT2D eigenvalue weighted by Gasteiger charge is 2.25. The molecule has 1 unspecified atom stereocenters. The maximum atomic E-state index is 14.5. The van der Waals surface area contributed by atoms with Gasteiger partial charge in [-0.15, -0.1) is 0 Å². The van der Waals surface area contributed by atoms with Crippen LogP contribution in [-0.2, 0) is 6.54 Å². The summed E-state index contributed by atoms with van der Waals surface area (Å²) in [6.07, 6.45) is 1.50. The molecule has 0 bridgehead atoms. The third kappa shape index (κ3) is 3.28. The SMILES string of the molecule is CCn1ncc2c(F)cc(-c3ccc(C(c4noc(=O)[nH]4)C(C)C)c(=O)[nH]3)cc21. The number of fused-ring (bicyclic) bond motifs is 1. The molecule has 0 aliphatic heterocycles. The minimum absolute atomic E-state index is 0.0181. The lowest BCUT2D eigenvalue weighted by Gasteiger charge is -2.17. The molecule has 0 fully saturated rings. The van der Waals surface area contributed by atoms with Crippen molar-refractivity contribution in [3.63, 3.8) is 0 Å². The van der Waals surface area contributed by atoms with Gasteiger partial charge in [0.25, 0.3) is 5.56 Å². The number of hydrogen-bond donors (Lipinski definition) is 2. The first-order valence-corrected chi connectivity index (χ1v) is 9.33. The molecule has 29 heavy (non-hydrogen) atoms. The molecule has 0 radical (unpaired) electrons. The van der Waals surface area contributed by atoms with E-state index in [4.69, 9.17) is 0 Å². The topological polar surface area (TPSA) is 110 Å². The Bertz CT molecular complexity index is 1300. The summed E-state index contributed by atoms with van der Waals surface area (Å²) in [5, 5.41) is 8.35. The summed E-state index contributed by atoms with van der Waals surface area (Å²) >= 11 is 0. The minimum atomic E-state index is -0.671. The van der Waals surface area contributed by atoms with Gasteiger partial charge in [0.05, 0.1) is 23.0 Å². The number of aryl methyl sites for hydroxylation is 1. The largest absolute Gasteiger partial charge is 0.438 e. The highest BCUT2D eigenvalue weighted by Crippen LogP contribution is 2.29. The van der Waals surface area contributed by atoms with Crippen molar-refractivity contribution in [1.29, 1.82) is 0 Å². The lowest BCUT2D eigenvalue weighted by atomic mass is 9.88. The summed E-state index contributed by atoms with van der Waals surface area (Å²) in [5.74, 6) is -1.24. The Morgan fingerprint density at radius 2 is 2.00 bits per heavy atom. The van der Waals surface area contributed by atoms with Gasteiger partial charge in [-0.3, -0.25) is 19.0 Å². The second-order valence-electron chi connectivity index (χ2n) is 7.21. The third-order valence-electron chi connectivity index (χ3n) is 5.02. The number of nitrogens with zero attached hydrogens (tertiary/aromatic N) is 3. The Labute approximate surface area is 164 Å². The first kappa shape index (κ1) is 18.9. The van der Waals surface area contributed by atoms with Gasteiger partial charge in [0.15, 0.2) is 5.82 Å².